The van der Waals surface area contributed by atoms with Crippen LogP contribution in [0.1, 0.15) is 19.0 Å². The minimum atomic E-state index is 0.107. The lowest BCUT2D eigenvalue weighted by Gasteiger charge is -1.93. The number of aryl methyl sites for hydroxylation is 1. The van der Waals surface area contributed by atoms with Gasteiger partial charge >= 0.3 is 0 Å². The van der Waals surface area contributed by atoms with Crippen molar-refractivity contribution in [1.29, 1.82) is 0 Å². The largest absolute Gasteiger partial charge is 0.294 e. The number of ketones is 1. The van der Waals surface area contributed by atoms with E-state index in [2.05, 4.69) is 5.10 Å². The third kappa shape index (κ3) is 2.44. The Bertz CT molecular complexity index is 567. The molecule has 2 rings (SSSR count). The van der Waals surface area contributed by atoms with Crippen molar-refractivity contribution in [3.05, 3.63) is 42.1 Å². The number of nitrogens with zero attached hydrogens (tertiary/aromatic N) is 2. The third-order valence-electron chi connectivity index (χ3n) is 2.72. The predicted octanol–water partition coefficient (Wildman–Crippen LogP) is 2.65. The monoisotopic (exact) mass is 228 g/mol. The highest BCUT2D eigenvalue weighted by atomic mass is 16.1. The van der Waals surface area contributed by atoms with Crippen molar-refractivity contribution in [2.45, 2.75) is 19.8 Å². The van der Waals surface area contributed by atoms with E-state index >= 15 is 0 Å². The molecule has 1 aromatic heterocycles. The molecule has 0 spiro atoms. The number of para-hydroxylation sites is 1. The number of carbonyl (C=O) groups is 1. The molecule has 0 saturated heterocycles. The normalized spacial score (nSPS) is 11.4. The molecular weight excluding hydrogens is 212 g/mol. The van der Waals surface area contributed by atoms with Gasteiger partial charge in [0, 0.05) is 12.4 Å². The SMILES string of the molecule is CC/C=C/C(=O)Cc1nn(C)c2ccccc12. The number of rotatable bonds is 4. The number of aromatic nitrogens is 2. The lowest BCUT2D eigenvalue weighted by molar-refractivity contribution is -0.114. The molecule has 3 heteroatoms. The van der Waals surface area contributed by atoms with E-state index in [-0.39, 0.29) is 5.78 Å². The average molecular weight is 228 g/mol. The molecule has 0 bridgehead atoms. The van der Waals surface area contributed by atoms with E-state index in [1.54, 1.807) is 6.08 Å². The van der Waals surface area contributed by atoms with Gasteiger partial charge < -0.3 is 0 Å². The molecule has 1 aromatic carbocycles. The standard InChI is InChI=1S/C14H16N2O/c1-3-4-7-11(17)10-13-12-8-5-6-9-14(12)16(2)15-13/h4-9H,3,10H2,1-2H3/b7-4+. The summed E-state index contributed by atoms with van der Waals surface area (Å²) < 4.78 is 1.82. The molecule has 0 amide bonds. The number of fused-ring (bicyclic) bond motifs is 1. The fraction of sp³-hybridized carbons (Fsp3) is 0.286. The molecule has 3 nitrogen and oxygen atoms in total. The molecule has 0 aliphatic heterocycles. The van der Waals surface area contributed by atoms with E-state index in [1.807, 2.05) is 49.0 Å². The van der Waals surface area contributed by atoms with Crippen LogP contribution in [-0.2, 0) is 18.3 Å². The highest BCUT2D eigenvalue weighted by Crippen LogP contribution is 2.17. The van der Waals surface area contributed by atoms with Gasteiger partial charge in [0.15, 0.2) is 5.78 Å². The Morgan fingerprint density at radius 3 is 2.94 bits per heavy atom. The number of allylic oxidation sites excluding steroid dienone is 2. The highest BCUT2D eigenvalue weighted by molar-refractivity contribution is 5.94. The second-order valence-corrected chi connectivity index (χ2v) is 4.04. The van der Waals surface area contributed by atoms with Crippen LogP contribution in [0.5, 0.6) is 0 Å². The number of carbonyl (C=O) groups excluding carboxylic acids is 1. The van der Waals surface area contributed by atoms with Gasteiger partial charge in [0.05, 0.1) is 17.6 Å². The molecular formula is C14H16N2O. The summed E-state index contributed by atoms with van der Waals surface area (Å²) >= 11 is 0. The van der Waals surface area contributed by atoms with Crippen LogP contribution in [0.15, 0.2) is 36.4 Å². The summed E-state index contributed by atoms with van der Waals surface area (Å²) in [6, 6.07) is 7.97. The Kier molecular flexibility index (Phi) is 3.38. The summed E-state index contributed by atoms with van der Waals surface area (Å²) in [5, 5.41) is 5.46. The van der Waals surface area contributed by atoms with Crippen LogP contribution < -0.4 is 0 Å². The maximum atomic E-state index is 11.7. The van der Waals surface area contributed by atoms with E-state index in [9.17, 15) is 4.79 Å². The quantitative estimate of drug-likeness (QED) is 0.754. The number of hydrogen-bond donors (Lipinski definition) is 0. The van der Waals surface area contributed by atoms with Crippen LogP contribution >= 0.6 is 0 Å². The molecule has 0 aliphatic carbocycles. The minimum Gasteiger partial charge on any atom is -0.294 e. The van der Waals surface area contributed by atoms with Crippen molar-refractivity contribution >= 4 is 16.7 Å². The molecule has 1 heterocycles. The Morgan fingerprint density at radius 1 is 1.41 bits per heavy atom. The second kappa shape index (κ2) is 4.95. The molecule has 17 heavy (non-hydrogen) atoms. The van der Waals surface area contributed by atoms with Crippen molar-refractivity contribution in [1.82, 2.24) is 9.78 Å². The Morgan fingerprint density at radius 2 is 2.18 bits per heavy atom. The number of hydrogen-bond acceptors (Lipinski definition) is 2. The average Bonchev–Trinajstić information content (AvgIpc) is 2.65. The van der Waals surface area contributed by atoms with Gasteiger partial charge in [-0.2, -0.15) is 5.10 Å². The first-order chi connectivity index (χ1) is 8.22. The van der Waals surface area contributed by atoms with Crippen LogP contribution in [0.25, 0.3) is 10.9 Å². The topological polar surface area (TPSA) is 34.9 Å². The van der Waals surface area contributed by atoms with Gasteiger partial charge in [-0.25, -0.2) is 0 Å². The van der Waals surface area contributed by atoms with Crippen LogP contribution in [-0.4, -0.2) is 15.6 Å². The first-order valence-corrected chi connectivity index (χ1v) is 5.82. The smallest absolute Gasteiger partial charge is 0.161 e. The van der Waals surface area contributed by atoms with Crippen molar-refractivity contribution in [3.63, 3.8) is 0 Å². The molecule has 0 N–H and O–H groups in total. The molecule has 0 atom stereocenters. The van der Waals surface area contributed by atoms with Gasteiger partial charge in [-0.05, 0) is 18.6 Å². The maximum Gasteiger partial charge on any atom is 0.161 e. The van der Waals surface area contributed by atoms with Gasteiger partial charge in [-0.15, -0.1) is 0 Å². The van der Waals surface area contributed by atoms with Crippen molar-refractivity contribution < 1.29 is 4.79 Å². The van der Waals surface area contributed by atoms with Gasteiger partial charge in [-0.3, -0.25) is 9.48 Å². The Labute approximate surface area is 101 Å². The molecule has 2 aromatic rings. The Balaban J connectivity index is 2.30. The fourth-order valence-electron chi connectivity index (χ4n) is 1.89. The van der Waals surface area contributed by atoms with E-state index in [0.717, 1.165) is 23.0 Å². The first kappa shape index (κ1) is 11.6. The van der Waals surface area contributed by atoms with Crippen molar-refractivity contribution in [2.24, 2.45) is 7.05 Å². The van der Waals surface area contributed by atoms with Crippen LogP contribution in [0.4, 0.5) is 0 Å². The molecule has 0 radical (unpaired) electrons. The van der Waals surface area contributed by atoms with E-state index in [4.69, 9.17) is 0 Å². The zero-order valence-electron chi connectivity index (χ0n) is 10.2. The van der Waals surface area contributed by atoms with Crippen LogP contribution in [0.2, 0.25) is 0 Å². The lowest BCUT2D eigenvalue weighted by Crippen LogP contribution is -2.00. The zero-order chi connectivity index (χ0) is 12.3. The van der Waals surface area contributed by atoms with Gasteiger partial charge in [0.2, 0.25) is 0 Å². The first-order valence-electron chi connectivity index (χ1n) is 5.82. The number of benzene rings is 1. The lowest BCUT2D eigenvalue weighted by atomic mass is 10.1. The van der Waals surface area contributed by atoms with Gasteiger partial charge in [0.25, 0.3) is 0 Å². The maximum absolute atomic E-state index is 11.7. The van der Waals surface area contributed by atoms with E-state index in [1.165, 1.54) is 0 Å². The predicted molar refractivity (Wildman–Crippen MR) is 68.9 cm³/mol. The van der Waals surface area contributed by atoms with Crippen LogP contribution in [0, 0.1) is 0 Å². The summed E-state index contributed by atoms with van der Waals surface area (Å²) in [5.74, 6) is 0.107. The van der Waals surface area contributed by atoms with E-state index in [0.29, 0.717) is 6.42 Å². The molecule has 0 unspecified atom stereocenters. The van der Waals surface area contributed by atoms with Gasteiger partial charge in [0.1, 0.15) is 0 Å². The van der Waals surface area contributed by atoms with E-state index < -0.39 is 0 Å². The highest BCUT2D eigenvalue weighted by Gasteiger charge is 2.09. The third-order valence-corrected chi connectivity index (χ3v) is 2.72. The molecule has 88 valence electrons. The summed E-state index contributed by atoms with van der Waals surface area (Å²) in [6.45, 7) is 2.01. The van der Waals surface area contributed by atoms with Crippen LogP contribution in [0.3, 0.4) is 0 Å². The molecule has 0 aliphatic rings. The summed E-state index contributed by atoms with van der Waals surface area (Å²) in [4.78, 5) is 11.7. The molecule has 0 saturated carbocycles. The molecule has 0 fully saturated rings. The summed E-state index contributed by atoms with van der Waals surface area (Å²) in [7, 11) is 1.90. The fourth-order valence-corrected chi connectivity index (χ4v) is 1.89. The van der Waals surface area contributed by atoms with Crippen molar-refractivity contribution in [3.8, 4) is 0 Å². The van der Waals surface area contributed by atoms with Crippen molar-refractivity contribution in [2.75, 3.05) is 0 Å². The summed E-state index contributed by atoms with van der Waals surface area (Å²) in [5.41, 5.74) is 1.92. The summed E-state index contributed by atoms with van der Waals surface area (Å²) in [6.07, 6.45) is 4.78. The zero-order valence-corrected chi connectivity index (χ0v) is 10.2. The minimum absolute atomic E-state index is 0.107. The van der Waals surface area contributed by atoms with Gasteiger partial charge in [-0.1, -0.05) is 31.2 Å². The Hall–Kier alpha value is -1.90. The second-order valence-electron chi connectivity index (χ2n) is 4.04.